The largest absolute Gasteiger partial charge is 0.481 e. The molecule has 2 aromatic rings. The van der Waals surface area contributed by atoms with Crippen LogP contribution in [0, 0.1) is 0 Å². The monoisotopic (exact) mass is 311 g/mol. The first-order valence-electron chi connectivity index (χ1n) is 5.02. The highest BCUT2D eigenvalue weighted by molar-refractivity contribution is 9.10. The second-order valence-corrected chi connectivity index (χ2v) is 5.33. The van der Waals surface area contributed by atoms with Gasteiger partial charge in [0, 0.05) is 15.4 Å². The molecule has 88 valence electrons. The minimum atomic E-state index is -0.853. The zero-order chi connectivity index (χ0) is 12.4. The number of carboxylic acids is 1. The molecule has 0 saturated heterocycles. The van der Waals surface area contributed by atoms with Gasteiger partial charge in [-0.1, -0.05) is 34.1 Å². The average Bonchev–Trinajstić information content (AvgIpc) is 2.77. The SMILES string of the molecule is CC(C(=O)O)c1csc(-c2ccccc2Br)n1. The first-order chi connectivity index (χ1) is 8.09. The number of carboxylic acid groups (broad SMARTS) is 1. The number of benzene rings is 1. The molecule has 3 nitrogen and oxygen atoms in total. The van der Waals surface area contributed by atoms with E-state index in [1.54, 1.807) is 12.3 Å². The minimum Gasteiger partial charge on any atom is -0.481 e. The summed E-state index contributed by atoms with van der Waals surface area (Å²) in [5, 5.41) is 11.6. The molecular formula is C12H10BrNO2S. The summed E-state index contributed by atoms with van der Waals surface area (Å²) in [4.78, 5) is 15.2. The predicted octanol–water partition coefficient (Wildman–Crippen LogP) is 3.76. The Hall–Kier alpha value is -1.20. The molecule has 0 saturated carbocycles. The van der Waals surface area contributed by atoms with Gasteiger partial charge in [-0.05, 0) is 13.0 Å². The number of carbonyl (C=O) groups is 1. The molecular weight excluding hydrogens is 302 g/mol. The van der Waals surface area contributed by atoms with Gasteiger partial charge < -0.3 is 5.11 Å². The van der Waals surface area contributed by atoms with E-state index in [9.17, 15) is 4.79 Å². The van der Waals surface area contributed by atoms with E-state index < -0.39 is 11.9 Å². The van der Waals surface area contributed by atoms with Crippen molar-refractivity contribution in [3.63, 3.8) is 0 Å². The number of aliphatic carboxylic acids is 1. The van der Waals surface area contributed by atoms with E-state index in [0.29, 0.717) is 5.69 Å². The maximum Gasteiger partial charge on any atom is 0.312 e. The summed E-state index contributed by atoms with van der Waals surface area (Å²) in [6, 6.07) is 7.76. The number of nitrogens with zero attached hydrogens (tertiary/aromatic N) is 1. The predicted molar refractivity (Wildman–Crippen MR) is 71.3 cm³/mol. The van der Waals surface area contributed by atoms with E-state index in [-0.39, 0.29) is 0 Å². The second-order valence-electron chi connectivity index (χ2n) is 3.62. The quantitative estimate of drug-likeness (QED) is 0.939. The van der Waals surface area contributed by atoms with Crippen LogP contribution in [-0.2, 0) is 4.79 Å². The number of halogens is 1. The smallest absolute Gasteiger partial charge is 0.312 e. The summed E-state index contributed by atoms with van der Waals surface area (Å²) < 4.78 is 0.962. The molecule has 2 rings (SSSR count). The Morgan fingerprint density at radius 1 is 1.47 bits per heavy atom. The van der Waals surface area contributed by atoms with Crippen LogP contribution in [0.3, 0.4) is 0 Å². The van der Waals surface area contributed by atoms with Crippen molar-refractivity contribution in [3.8, 4) is 10.6 Å². The van der Waals surface area contributed by atoms with Crippen LogP contribution in [0.1, 0.15) is 18.5 Å². The lowest BCUT2D eigenvalue weighted by molar-refractivity contribution is -0.138. The number of hydrogen-bond acceptors (Lipinski definition) is 3. The summed E-state index contributed by atoms with van der Waals surface area (Å²) in [6.07, 6.45) is 0. The summed E-state index contributed by atoms with van der Waals surface area (Å²) in [7, 11) is 0. The van der Waals surface area contributed by atoms with Gasteiger partial charge in [-0.2, -0.15) is 0 Å². The normalized spacial score (nSPS) is 12.4. The number of aromatic nitrogens is 1. The molecule has 17 heavy (non-hydrogen) atoms. The first-order valence-corrected chi connectivity index (χ1v) is 6.70. The molecule has 0 aliphatic heterocycles. The van der Waals surface area contributed by atoms with E-state index in [1.807, 2.05) is 24.3 Å². The zero-order valence-electron chi connectivity index (χ0n) is 9.05. The molecule has 1 unspecified atom stereocenters. The Kier molecular flexibility index (Phi) is 3.59. The minimum absolute atomic E-state index is 0.567. The van der Waals surface area contributed by atoms with E-state index in [0.717, 1.165) is 15.0 Å². The van der Waals surface area contributed by atoms with Gasteiger partial charge in [0.25, 0.3) is 0 Å². The van der Waals surface area contributed by atoms with E-state index in [1.165, 1.54) is 11.3 Å². The third-order valence-corrected chi connectivity index (χ3v) is 4.03. The number of rotatable bonds is 3. The standard InChI is InChI=1S/C12H10BrNO2S/c1-7(12(15)16)10-6-17-11(14-10)8-4-2-3-5-9(8)13/h2-7H,1H3,(H,15,16). The molecule has 0 bridgehead atoms. The molecule has 0 aliphatic carbocycles. The molecule has 1 heterocycles. The molecule has 1 aromatic heterocycles. The van der Waals surface area contributed by atoms with Crippen molar-refractivity contribution < 1.29 is 9.90 Å². The fourth-order valence-electron chi connectivity index (χ4n) is 1.37. The second kappa shape index (κ2) is 4.98. The van der Waals surface area contributed by atoms with Crippen LogP contribution in [0.2, 0.25) is 0 Å². The molecule has 0 amide bonds. The van der Waals surface area contributed by atoms with E-state index in [2.05, 4.69) is 20.9 Å². The van der Waals surface area contributed by atoms with Gasteiger partial charge in [0.05, 0.1) is 11.6 Å². The highest BCUT2D eigenvalue weighted by atomic mass is 79.9. The van der Waals surface area contributed by atoms with Gasteiger partial charge in [-0.25, -0.2) is 4.98 Å². The molecule has 1 aromatic carbocycles. The van der Waals surface area contributed by atoms with Crippen molar-refractivity contribution in [2.75, 3.05) is 0 Å². The van der Waals surface area contributed by atoms with Gasteiger partial charge >= 0.3 is 5.97 Å². The summed E-state index contributed by atoms with van der Waals surface area (Å²) in [6.45, 7) is 1.64. The van der Waals surface area contributed by atoms with Crippen LogP contribution in [0.15, 0.2) is 34.1 Å². The lowest BCUT2D eigenvalue weighted by Crippen LogP contribution is -2.07. The maximum absolute atomic E-state index is 10.9. The highest BCUT2D eigenvalue weighted by Crippen LogP contribution is 2.32. The van der Waals surface area contributed by atoms with Gasteiger partial charge in [0.2, 0.25) is 0 Å². The Labute approximate surface area is 111 Å². The first kappa shape index (κ1) is 12.3. The van der Waals surface area contributed by atoms with Crippen molar-refractivity contribution in [2.24, 2.45) is 0 Å². The Morgan fingerprint density at radius 2 is 2.18 bits per heavy atom. The highest BCUT2D eigenvalue weighted by Gasteiger charge is 2.18. The van der Waals surface area contributed by atoms with Gasteiger partial charge in [0.1, 0.15) is 5.01 Å². The lowest BCUT2D eigenvalue weighted by Gasteiger charge is -2.01. The molecule has 1 N–H and O–H groups in total. The fraction of sp³-hybridized carbons (Fsp3) is 0.167. The third kappa shape index (κ3) is 2.56. The number of hydrogen-bond donors (Lipinski definition) is 1. The molecule has 0 fully saturated rings. The van der Waals surface area contributed by atoms with Crippen molar-refractivity contribution >= 4 is 33.2 Å². The molecule has 0 spiro atoms. The topological polar surface area (TPSA) is 50.2 Å². The Bertz CT molecular complexity index is 553. The summed E-state index contributed by atoms with van der Waals surface area (Å²) >= 11 is 4.92. The third-order valence-electron chi connectivity index (χ3n) is 2.44. The summed E-state index contributed by atoms with van der Waals surface area (Å²) in [5.74, 6) is -1.42. The van der Waals surface area contributed by atoms with Crippen LogP contribution >= 0.6 is 27.3 Å². The van der Waals surface area contributed by atoms with Gasteiger partial charge in [-0.3, -0.25) is 4.79 Å². The Balaban J connectivity index is 2.37. The lowest BCUT2D eigenvalue weighted by atomic mass is 10.1. The van der Waals surface area contributed by atoms with Crippen molar-refractivity contribution in [1.29, 1.82) is 0 Å². The molecule has 1 atom stereocenters. The van der Waals surface area contributed by atoms with Crippen LogP contribution in [0.4, 0.5) is 0 Å². The van der Waals surface area contributed by atoms with Crippen molar-refractivity contribution in [3.05, 3.63) is 39.8 Å². The van der Waals surface area contributed by atoms with E-state index >= 15 is 0 Å². The Morgan fingerprint density at radius 3 is 2.82 bits per heavy atom. The van der Waals surface area contributed by atoms with E-state index in [4.69, 9.17) is 5.11 Å². The van der Waals surface area contributed by atoms with Crippen LogP contribution in [0.25, 0.3) is 10.6 Å². The number of thiazole rings is 1. The molecule has 5 heteroatoms. The average molecular weight is 312 g/mol. The summed E-state index contributed by atoms with van der Waals surface area (Å²) in [5.41, 5.74) is 1.59. The van der Waals surface area contributed by atoms with Crippen molar-refractivity contribution in [1.82, 2.24) is 4.98 Å². The maximum atomic E-state index is 10.9. The fourth-order valence-corrected chi connectivity index (χ4v) is 2.93. The molecule has 0 aliphatic rings. The van der Waals surface area contributed by atoms with Crippen LogP contribution in [0.5, 0.6) is 0 Å². The van der Waals surface area contributed by atoms with Crippen molar-refractivity contribution in [2.45, 2.75) is 12.8 Å². The van der Waals surface area contributed by atoms with Crippen LogP contribution < -0.4 is 0 Å². The zero-order valence-corrected chi connectivity index (χ0v) is 11.5. The van der Waals surface area contributed by atoms with Gasteiger partial charge in [-0.15, -0.1) is 11.3 Å². The van der Waals surface area contributed by atoms with Gasteiger partial charge in [0.15, 0.2) is 0 Å². The van der Waals surface area contributed by atoms with Crippen LogP contribution in [-0.4, -0.2) is 16.1 Å². The molecule has 0 radical (unpaired) electrons.